The van der Waals surface area contributed by atoms with E-state index in [1.807, 2.05) is 36.2 Å². The van der Waals surface area contributed by atoms with E-state index in [1.165, 1.54) is 0 Å². The fourth-order valence-corrected chi connectivity index (χ4v) is 3.78. The number of aliphatic imine (C=N–C) groups is 1. The lowest BCUT2D eigenvalue weighted by molar-refractivity contribution is -0.120. The van der Waals surface area contributed by atoms with Crippen molar-refractivity contribution in [3.8, 4) is 23.6 Å². The van der Waals surface area contributed by atoms with E-state index in [9.17, 15) is 4.79 Å². The average molecular weight is 398 g/mol. The normalized spacial score (nSPS) is 15.7. The highest BCUT2D eigenvalue weighted by atomic mass is 16.1. The Bertz CT molecular complexity index is 1210. The van der Waals surface area contributed by atoms with Crippen molar-refractivity contribution < 1.29 is 4.79 Å². The third-order valence-electron chi connectivity index (χ3n) is 5.29. The number of Topliss-reactive ketones (excluding diaryl/α,β-unsaturated/α-hetero) is 1. The largest absolute Gasteiger partial charge is 0.300 e. The van der Waals surface area contributed by atoms with Gasteiger partial charge in [-0.2, -0.15) is 10.2 Å². The molecule has 0 unspecified atom stereocenters. The van der Waals surface area contributed by atoms with E-state index in [1.54, 1.807) is 23.1 Å². The fourth-order valence-electron chi connectivity index (χ4n) is 3.78. The second-order valence-corrected chi connectivity index (χ2v) is 7.22. The lowest BCUT2D eigenvalue weighted by Gasteiger charge is -2.21. The zero-order valence-electron chi connectivity index (χ0n) is 16.8. The molecule has 7 nitrogen and oxygen atoms in total. The smallest absolute Gasteiger partial charge is 0.133 e. The fraction of sp³-hybridized carbons (Fsp3) is 0.261. The van der Waals surface area contributed by atoms with Gasteiger partial charge in [0.2, 0.25) is 0 Å². The molecule has 150 valence electrons. The highest BCUT2D eigenvalue weighted by Gasteiger charge is 2.22. The van der Waals surface area contributed by atoms with E-state index in [4.69, 9.17) is 11.4 Å². The molecule has 7 heteroatoms. The van der Waals surface area contributed by atoms with Gasteiger partial charge in [0.15, 0.2) is 0 Å². The van der Waals surface area contributed by atoms with Gasteiger partial charge < -0.3 is 0 Å². The molecule has 30 heavy (non-hydrogen) atoms. The van der Waals surface area contributed by atoms with Crippen LogP contribution in [0.15, 0.2) is 48.1 Å². The highest BCUT2D eigenvalue weighted by Crippen LogP contribution is 2.30. The maximum atomic E-state index is 11.5. The van der Waals surface area contributed by atoms with Gasteiger partial charge >= 0.3 is 0 Å². The van der Waals surface area contributed by atoms with Gasteiger partial charge in [0.25, 0.3) is 0 Å². The number of carbonyl (C=O) groups is 1. The van der Waals surface area contributed by atoms with E-state index < -0.39 is 0 Å². The Balaban J connectivity index is 1.81. The van der Waals surface area contributed by atoms with Crippen LogP contribution in [0.5, 0.6) is 0 Å². The van der Waals surface area contributed by atoms with Crippen LogP contribution in [-0.2, 0) is 4.79 Å². The van der Waals surface area contributed by atoms with Crippen molar-refractivity contribution in [1.82, 2.24) is 24.4 Å². The molecule has 0 radical (unpaired) electrons. The minimum Gasteiger partial charge on any atom is -0.300 e. The van der Waals surface area contributed by atoms with E-state index >= 15 is 0 Å². The van der Waals surface area contributed by atoms with Crippen LogP contribution in [-0.4, -0.2) is 36.9 Å². The predicted octanol–water partition coefficient (Wildman–Crippen LogP) is 3.88. The van der Waals surface area contributed by atoms with Crippen LogP contribution in [0.1, 0.15) is 49.9 Å². The van der Waals surface area contributed by atoms with Crippen molar-refractivity contribution >= 4 is 23.6 Å². The first kappa shape index (κ1) is 19.5. The first-order chi connectivity index (χ1) is 14.6. The molecule has 0 spiro atoms. The predicted molar refractivity (Wildman–Crippen MR) is 117 cm³/mol. The number of hydrogen-bond donors (Lipinski definition) is 0. The first-order valence-corrected chi connectivity index (χ1v) is 9.85. The summed E-state index contributed by atoms with van der Waals surface area (Å²) in [6.07, 6.45) is 21.3. The van der Waals surface area contributed by atoms with Crippen molar-refractivity contribution in [3.05, 3.63) is 54.4 Å². The number of terminal acetylenes is 1. The highest BCUT2D eigenvalue weighted by molar-refractivity contribution is 5.85. The molecule has 0 atom stereocenters. The van der Waals surface area contributed by atoms with Gasteiger partial charge in [0.1, 0.15) is 11.3 Å². The SMILES string of the molecule is C#Cc1cnn2cc(-c3cnn(C4CCC(=O)CC4)c3)nc(C(/C=C\C)=C/N=C)c12. The summed E-state index contributed by atoms with van der Waals surface area (Å²) in [5.41, 5.74) is 4.47. The second kappa shape index (κ2) is 8.29. The average Bonchev–Trinajstić information content (AvgIpc) is 3.41. The summed E-state index contributed by atoms with van der Waals surface area (Å²) in [7, 11) is 0. The number of carbonyl (C=O) groups excluding carboxylic acids is 1. The minimum atomic E-state index is 0.237. The summed E-state index contributed by atoms with van der Waals surface area (Å²) in [6, 6.07) is 0.237. The Morgan fingerprint density at radius 1 is 1.30 bits per heavy atom. The van der Waals surface area contributed by atoms with Crippen LogP contribution in [0, 0.1) is 12.3 Å². The number of ketones is 1. The maximum absolute atomic E-state index is 11.5. The molecular weight excluding hydrogens is 376 g/mol. The Hall–Kier alpha value is -3.79. The molecule has 1 saturated carbocycles. The van der Waals surface area contributed by atoms with Crippen molar-refractivity contribution in [2.75, 3.05) is 0 Å². The zero-order valence-corrected chi connectivity index (χ0v) is 16.8. The van der Waals surface area contributed by atoms with Gasteiger partial charge in [-0.25, -0.2) is 9.50 Å². The topological polar surface area (TPSA) is 77.4 Å². The molecule has 1 aliphatic carbocycles. The number of hydrogen-bond acceptors (Lipinski definition) is 5. The van der Waals surface area contributed by atoms with Gasteiger partial charge in [-0.05, 0) is 26.5 Å². The zero-order chi connectivity index (χ0) is 21.1. The van der Waals surface area contributed by atoms with E-state index in [0.29, 0.717) is 29.9 Å². The lowest BCUT2D eigenvalue weighted by Crippen LogP contribution is -2.18. The molecule has 0 aliphatic heterocycles. The molecule has 3 heterocycles. The molecule has 0 saturated heterocycles. The molecule has 1 aliphatic rings. The van der Waals surface area contributed by atoms with Crippen molar-refractivity contribution in [1.29, 1.82) is 0 Å². The Morgan fingerprint density at radius 2 is 2.10 bits per heavy atom. The Morgan fingerprint density at radius 3 is 2.80 bits per heavy atom. The third-order valence-corrected chi connectivity index (χ3v) is 5.29. The van der Waals surface area contributed by atoms with Gasteiger partial charge in [-0.3, -0.25) is 14.5 Å². The minimum absolute atomic E-state index is 0.237. The summed E-state index contributed by atoms with van der Waals surface area (Å²) in [5, 5.41) is 8.95. The van der Waals surface area contributed by atoms with Crippen LogP contribution in [0.4, 0.5) is 0 Å². The third kappa shape index (κ3) is 3.60. The molecule has 0 aromatic carbocycles. The molecule has 3 aromatic heterocycles. The van der Waals surface area contributed by atoms with E-state index in [0.717, 1.165) is 35.2 Å². The van der Waals surface area contributed by atoms with E-state index in [2.05, 4.69) is 27.8 Å². The molecule has 0 amide bonds. The van der Waals surface area contributed by atoms with Gasteiger partial charge in [-0.1, -0.05) is 18.1 Å². The maximum Gasteiger partial charge on any atom is 0.133 e. The van der Waals surface area contributed by atoms with Crippen LogP contribution >= 0.6 is 0 Å². The first-order valence-electron chi connectivity index (χ1n) is 9.85. The monoisotopic (exact) mass is 398 g/mol. The van der Waals surface area contributed by atoms with E-state index in [-0.39, 0.29) is 6.04 Å². The summed E-state index contributed by atoms with van der Waals surface area (Å²) in [6.45, 7) is 5.50. The van der Waals surface area contributed by atoms with Crippen LogP contribution in [0.2, 0.25) is 0 Å². The Kier molecular flexibility index (Phi) is 5.40. The summed E-state index contributed by atoms with van der Waals surface area (Å²) < 4.78 is 3.68. The number of rotatable bonds is 5. The van der Waals surface area contributed by atoms with Gasteiger partial charge in [0, 0.05) is 36.4 Å². The number of allylic oxidation sites excluding steroid dienone is 3. The standard InChI is InChI=1S/C23H22N6O/c1-4-6-17(11-24-3)22-23-16(5-2)12-26-29(23)15-21(27-22)18-13-25-28(14-18)19-7-9-20(30)10-8-19/h2,4,6,11-15,19H,3,7-10H2,1H3/b6-4-,17-11+. The van der Waals surface area contributed by atoms with Crippen molar-refractivity contribution in [2.24, 2.45) is 4.99 Å². The number of aromatic nitrogens is 5. The lowest BCUT2D eigenvalue weighted by atomic mass is 9.94. The summed E-state index contributed by atoms with van der Waals surface area (Å²) in [4.78, 5) is 20.4. The van der Waals surface area contributed by atoms with Crippen LogP contribution in [0.25, 0.3) is 22.3 Å². The molecule has 1 fully saturated rings. The molecule has 0 N–H and O–H groups in total. The molecule has 3 aromatic rings. The number of fused-ring (bicyclic) bond motifs is 1. The Labute approximate surface area is 174 Å². The van der Waals surface area contributed by atoms with Crippen LogP contribution in [0.3, 0.4) is 0 Å². The van der Waals surface area contributed by atoms with Crippen LogP contribution < -0.4 is 0 Å². The molecule has 4 rings (SSSR count). The van der Waals surface area contributed by atoms with Gasteiger partial charge in [0.05, 0.1) is 41.6 Å². The number of nitrogens with zero attached hydrogens (tertiary/aromatic N) is 6. The second-order valence-electron chi connectivity index (χ2n) is 7.22. The van der Waals surface area contributed by atoms with Crippen molar-refractivity contribution in [3.63, 3.8) is 0 Å². The summed E-state index contributed by atoms with van der Waals surface area (Å²) in [5.74, 6) is 3.01. The van der Waals surface area contributed by atoms with Gasteiger partial charge in [-0.15, -0.1) is 6.42 Å². The quantitative estimate of drug-likeness (QED) is 0.371. The van der Waals surface area contributed by atoms with Crippen molar-refractivity contribution in [2.45, 2.75) is 38.6 Å². The molecule has 0 bridgehead atoms. The summed E-state index contributed by atoms with van der Waals surface area (Å²) >= 11 is 0. The molecular formula is C23H22N6O.